The van der Waals surface area contributed by atoms with Crippen LogP contribution in [0, 0.1) is 6.92 Å². The molecule has 0 aromatic heterocycles. The largest absolute Gasteiger partial charge is 0.482 e. The van der Waals surface area contributed by atoms with Gasteiger partial charge in [0.15, 0.2) is 18.2 Å². The van der Waals surface area contributed by atoms with Crippen molar-refractivity contribution < 1.29 is 19.1 Å². The van der Waals surface area contributed by atoms with Gasteiger partial charge in [0.2, 0.25) is 0 Å². The van der Waals surface area contributed by atoms with Crippen LogP contribution in [0.25, 0.3) is 0 Å². The standard InChI is InChI=1S/C30H31ClN2O4/c1-3-33-22-9-5-11-24(34)29(22)28(30-23(33)10-6-12-25(30)35)19-13-14-26(21(31)16-19)37-17-27(36)32-20-8-4-7-18(2)15-20/h4,7-8,13-16,28H,3,5-6,9-12,17H2,1-2H3,(H,32,36). The molecule has 0 bridgehead atoms. The van der Waals surface area contributed by atoms with Crippen LogP contribution in [0.2, 0.25) is 5.02 Å². The Kier molecular flexibility index (Phi) is 7.20. The number of ketones is 2. The second kappa shape index (κ2) is 10.5. The predicted octanol–water partition coefficient (Wildman–Crippen LogP) is 6.10. The first-order valence-electron chi connectivity index (χ1n) is 13.0. The Labute approximate surface area is 222 Å². The zero-order chi connectivity index (χ0) is 26.1. The molecule has 0 atom stereocenters. The zero-order valence-corrected chi connectivity index (χ0v) is 22.0. The first-order chi connectivity index (χ1) is 17.9. The van der Waals surface area contributed by atoms with E-state index in [0.29, 0.717) is 29.3 Å². The number of Topliss-reactive ketones (excluding diaryl/α,β-unsaturated/α-hetero) is 2. The van der Waals surface area contributed by atoms with E-state index in [0.717, 1.165) is 65.9 Å². The normalized spacial score (nSPS) is 18.1. The van der Waals surface area contributed by atoms with E-state index in [1.807, 2.05) is 37.3 Å². The highest BCUT2D eigenvalue weighted by atomic mass is 35.5. The molecule has 0 saturated heterocycles. The Hall–Kier alpha value is -3.38. The maximum absolute atomic E-state index is 13.2. The summed E-state index contributed by atoms with van der Waals surface area (Å²) in [4.78, 5) is 41.1. The number of carbonyl (C=O) groups is 3. The molecule has 0 radical (unpaired) electrons. The Morgan fingerprint density at radius 1 is 1.00 bits per heavy atom. The lowest BCUT2D eigenvalue weighted by Crippen LogP contribution is -2.39. The molecule has 3 aliphatic rings. The van der Waals surface area contributed by atoms with Gasteiger partial charge in [-0.15, -0.1) is 0 Å². The van der Waals surface area contributed by atoms with Gasteiger partial charge in [-0.1, -0.05) is 29.8 Å². The number of nitrogens with one attached hydrogen (secondary N) is 1. The van der Waals surface area contributed by atoms with E-state index in [4.69, 9.17) is 16.3 Å². The molecule has 2 aromatic carbocycles. The van der Waals surface area contributed by atoms with Crippen molar-refractivity contribution >= 4 is 34.8 Å². The van der Waals surface area contributed by atoms with Crippen molar-refractivity contribution in [2.45, 2.75) is 58.3 Å². The number of aryl methyl sites for hydroxylation is 1. The predicted molar refractivity (Wildman–Crippen MR) is 144 cm³/mol. The van der Waals surface area contributed by atoms with Crippen molar-refractivity contribution in [1.29, 1.82) is 0 Å². The van der Waals surface area contributed by atoms with Gasteiger partial charge in [-0.25, -0.2) is 0 Å². The van der Waals surface area contributed by atoms with E-state index in [9.17, 15) is 14.4 Å². The summed E-state index contributed by atoms with van der Waals surface area (Å²) in [7, 11) is 0. The average Bonchev–Trinajstić information content (AvgIpc) is 2.87. The molecule has 0 fully saturated rings. The summed E-state index contributed by atoms with van der Waals surface area (Å²) in [6.07, 6.45) is 4.32. The van der Waals surface area contributed by atoms with Crippen LogP contribution in [0.1, 0.15) is 62.5 Å². The molecule has 7 heteroatoms. The highest BCUT2D eigenvalue weighted by Gasteiger charge is 2.42. The topological polar surface area (TPSA) is 75.7 Å². The van der Waals surface area contributed by atoms with Crippen LogP contribution in [0.15, 0.2) is 65.0 Å². The number of hydrogen-bond donors (Lipinski definition) is 1. The van der Waals surface area contributed by atoms with Gasteiger partial charge >= 0.3 is 0 Å². The Morgan fingerprint density at radius 2 is 1.68 bits per heavy atom. The highest BCUT2D eigenvalue weighted by molar-refractivity contribution is 6.32. The highest BCUT2D eigenvalue weighted by Crippen LogP contribution is 2.49. The van der Waals surface area contributed by atoms with Gasteiger partial charge in [0.25, 0.3) is 5.91 Å². The van der Waals surface area contributed by atoms with Gasteiger partial charge in [-0.05, 0) is 74.9 Å². The number of nitrogens with zero attached hydrogens (tertiary/aromatic N) is 1. The second-order valence-electron chi connectivity index (χ2n) is 9.85. The molecular weight excluding hydrogens is 488 g/mol. The summed E-state index contributed by atoms with van der Waals surface area (Å²) in [6.45, 7) is 4.58. The van der Waals surface area contributed by atoms with Gasteiger partial charge in [0.1, 0.15) is 5.75 Å². The molecule has 0 unspecified atom stereocenters. The second-order valence-corrected chi connectivity index (χ2v) is 10.3. The number of halogens is 1. The molecule has 0 saturated carbocycles. The molecule has 0 spiro atoms. The third-order valence-corrected chi connectivity index (χ3v) is 7.65. The lowest BCUT2D eigenvalue weighted by Gasteiger charge is -2.43. The fourth-order valence-corrected chi connectivity index (χ4v) is 6.05. The van der Waals surface area contributed by atoms with E-state index in [2.05, 4.69) is 17.1 Å². The van der Waals surface area contributed by atoms with E-state index in [-0.39, 0.29) is 24.1 Å². The number of ether oxygens (including phenoxy) is 1. The lowest BCUT2D eigenvalue weighted by molar-refractivity contribution is -0.118. The van der Waals surface area contributed by atoms with Crippen LogP contribution in [0.5, 0.6) is 5.75 Å². The summed E-state index contributed by atoms with van der Waals surface area (Å²) in [5.74, 6) is -0.102. The molecule has 1 amide bonds. The van der Waals surface area contributed by atoms with Crippen LogP contribution in [-0.2, 0) is 14.4 Å². The van der Waals surface area contributed by atoms with Crippen LogP contribution >= 0.6 is 11.6 Å². The SMILES string of the molecule is CCN1C2=C(C(=O)CCC2)C(c2ccc(OCC(=O)Nc3cccc(C)c3)c(Cl)c2)C2=C1CCCC2=O. The van der Waals surface area contributed by atoms with Crippen molar-refractivity contribution in [3.63, 3.8) is 0 Å². The number of amides is 1. The Balaban J connectivity index is 1.42. The maximum Gasteiger partial charge on any atom is 0.262 e. The van der Waals surface area contributed by atoms with Crippen LogP contribution in [0.3, 0.4) is 0 Å². The first-order valence-corrected chi connectivity index (χ1v) is 13.3. The third kappa shape index (κ3) is 4.95. The van der Waals surface area contributed by atoms with E-state index < -0.39 is 5.92 Å². The van der Waals surface area contributed by atoms with Crippen LogP contribution < -0.4 is 10.1 Å². The summed E-state index contributed by atoms with van der Waals surface area (Å²) >= 11 is 6.62. The number of allylic oxidation sites excluding steroid dienone is 4. The van der Waals surface area contributed by atoms with Crippen molar-refractivity contribution in [1.82, 2.24) is 4.90 Å². The van der Waals surface area contributed by atoms with Gasteiger partial charge in [0, 0.05) is 53.5 Å². The number of hydrogen-bond acceptors (Lipinski definition) is 5. The smallest absolute Gasteiger partial charge is 0.262 e. The number of rotatable bonds is 6. The Bertz CT molecular complexity index is 1300. The van der Waals surface area contributed by atoms with Gasteiger partial charge < -0.3 is 15.0 Å². The fourth-order valence-electron chi connectivity index (χ4n) is 5.81. The van der Waals surface area contributed by atoms with Crippen LogP contribution in [0.4, 0.5) is 5.69 Å². The lowest BCUT2D eigenvalue weighted by atomic mass is 9.71. The quantitative estimate of drug-likeness (QED) is 0.500. The minimum Gasteiger partial charge on any atom is -0.482 e. The van der Waals surface area contributed by atoms with Crippen molar-refractivity contribution in [2.24, 2.45) is 0 Å². The molecule has 37 heavy (non-hydrogen) atoms. The summed E-state index contributed by atoms with van der Waals surface area (Å²) in [6, 6.07) is 12.9. The minimum atomic E-state index is -0.412. The number of benzene rings is 2. The Morgan fingerprint density at radius 3 is 2.27 bits per heavy atom. The fraction of sp³-hybridized carbons (Fsp3) is 0.367. The zero-order valence-electron chi connectivity index (χ0n) is 21.2. The van der Waals surface area contributed by atoms with Crippen LogP contribution in [-0.4, -0.2) is 35.5 Å². The van der Waals surface area contributed by atoms with Gasteiger partial charge in [-0.2, -0.15) is 0 Å². The maximum atomic E-state index is 13.2. The first kappa shape index (κ1) is 25.3. The van der Waals surface area contributed by atoms with E-state index >= 15 is 0 Å². The average molecular weight is 519 g/mol. The molecule has 6 nitrogen and oxygen atoms in total. The third-order valence-electron chi connectivity index (χ3n) is 7.35. The monoisotopic (exact) mass is 518 g/mol. The number of carbonyl (C=O) groups excluding carboxylic acids is 3. The molecule has 2 aromatic rings. The van der Waals surface area contributed by atoms with Gasteiger partial charge in [0.05, 0.1) is 5.02 Å². The molecule has 2 aliphatic carbocycles. The summed E-state index contributed by atoms with van der Waals surface area (Å²) in [5.41, 5.74) is 6.15. The van der Waals surface area contributed by atoms with Crippen molar-refractivity contribution in [3.8, 4) is 5.75 Å². The minimum absolute atomic E-state index is 0.110. The van der Waals surface area contributed by atoms with E-state index in [1.165, 1.54) is 0 Å². The molecule has 192 valence electrons. The summed E-state index contributed by atoms with van der Waals surface area (Å²) in [5, 5.41) is 3.16. The number of anilines is 1. The van der Waals surface area contributed by atoms with Crippen molar-refractivity contribution in [2.75, 3.05) is 18.5 Å². The van der Waals surface area contributed by atoms with Crippen molar-refractivity contribution in [3.05, 3.63) is 81.2 Å². The van der Waals surface area contributed by atoms with Gasteiger partial charge in [-0.3, -0.25) is 14.4 Å². The molecular formula is C30H31ClN2O4. The molecule has 1 N–H and O–H groups in total. The molecule has 1 heterocycles. The summed E-state index contributed by atoms with van der Waals surface area (Å²) < 4.78 is 5.72. The van der Waals surface area contributed by atoms with E-state index in [1.54, 1.807) is 12.1 Å². The molecule has 5 rings (SSSR count). The molecule has 1 aliphatic heterocycles.